The number of nitrogens with zero attached hydrogens (tertiary/aromatic N) is 1. The van der Waals surface area contributed by atoms with Gasteiger partial charge in [0.2, 0.25) is 0 Å². The van der Waals surface area contributed by atoms with E-state index in [2.05, 4.69) is 36.8 Å². The first-order valence-corrected chi connectivity index (χ1v) is 8.41. The third kappa shape index (κ3) is 2.65. The third-order valence-corrected chi connectivity index (χ3v) is 4.86. The number of benzene rings is 1. The molecule has 0 atom stereocenters. The van der Waals surface area contributed by atoms with E-state index in [1.54, 1.807) is 12.3 Å². The van der Waals surface area contributed by atoms with Crippen LogP contribution in [-0.4, -0.2) is 22.3 Å². The lowest BCUT2D eigenvalue weighted by molar-refractivity contribution is -0.133. The Labute approximate surface area is 143 Å². The Morgan fingerprint density at radius 2 is 1.82 bits per heavy atom. The molecular formula is C16H11Br2NO3. The van der Waals surface area contributed by atoms with Crippen LogP contribution in [0.1, 0.15) is 29.6 Å². The van der Waals surface area contributed by atoms with Crippen LogP contribution >= 0.6 is 31.9 Å². The van der Waals surface area contributed by atoms with Crippen LogP contribution in [-0.2, 0) is 9.59 Å². The molecule has 0 spiro atoms. The van der Waals surface area contributed by atoms with Crippen molar-refractivity contribution in [2.75, 3.05) is 0 Å². The molecule has 1 aliphatic carbocycles. The predicted octanol–water partition coefficient (Wildman–Crippen LogP) is 3.88. The lowest BCUT2D eigenvalue weighted by Crippen LogP contribution is -2.35. The van der Waals surface area contributed by atoms with Gasteiger partial charge in [-0.05, 0) is 50.4 Å². The second-order valence-electron chi connectivity index (χ2n) is 5.23. The van der Waals surface area contributed by atoms with Crippen molar-refractivity contribution < 1.29 is 14.4 Å². The molecule has 0 radical (unpaired) electrons. The van der Waals surface area contributed by atoms with Crippen LogP contribution in [0, 0.1) is 5.92 Å². The molecule has 0 saturated heterocycles. The monoisotopic (exact) mass is 423 g/mol. The van der Waals surface area contributed by atoms with Crippen molar-refractivity contribution in [3.05, 3.63) is 38.9 Å². The van der Waals surface area contributed by atoms with Gasteiger partial charge >= 0.3 is 0 Å². The third-order valence-electron chi connectivity index (χ3n) is 3.77. The first kappa shape index (κ1) is 15.5. The van der Waals surface area contributed by atoms with Crippen molar-refractivity contribution in [2.24, 2.45) is 5.92 Å². The SMILES string of the molecule is O=C1CCCC(=O)C1C(=O)c1c(Br)ccc2cc(Br)cnc12. The molecule has 6 heteroatoms. The van der Waals surface area contributed by atoms with Gasteiger partial charge in [-0.15, -0.1) is 0 Å². The highest BCUT2D eigenvalue weighted by Gasteiger charge is 2.38. The van der Waals surface area contributed by atoms with Gasteiger partial charge in [0.25, 0.3) is 0 Å². The van der Waals surface area contributed by atoms with Gasteiger partial charge in [-0.3, -0.25) is 19.4 Å². The second-order valence-corrected chi connectivity index (χ2v) is 7.00. The van der Waals surface area contributed by atoms with Crippen LogP contribution in [0.15, 0.2) is 33.3 Å². The minimum atomic E-state index is -1.18. The zero-order valence-corrected chi connectivity index (χ0v) is 14.6. The topological polar surface area (TPSA) is 64.1 Å². The van der Waals surface area contributed by atoms with Crippen LogP contribution in [0.2, 0.25) is 0 Å². The van der Waals surface area contributed by atoms with E-state index in [0.717, 1.165) is 9.86 Å². The first-order chi connectivity index (χ1) is 10.5. The van der Waals surface area contributed by atoms with Crippen molar-refractivity contribution in [1.82, 2.24) is 4.98 Å². The van der Waals surface area contributed by atoms with Crippen LogP contribution in [0.25, 0.3) is 10.9 Å². The second kappa shape index (κ2) is 6.01. The summed E-state index contributed by atoms with van der Waals surface area (Å²) in [6.45, 7) is 0. The quantitative estimate of drug-likeness (QED) is 0.542. The summed E-state index contributed by atoms with van der Waals surface area (Å²) < 4.78 is 1.34. The number of pyridine rings is 1. The Kier molecular flexibility index (Phi) is 4.23. The van der Waals surface area contributed by atoms with E-state index in [-0.39, 0.29) is 24.4 Å². The molecule has 0 amide bonds. The van der Waals surface area contributed by atoms with E-state index >= 15 is 0 Å². The van der Waals surface area contributed by atoms with Gasteiger partial charge < -0.3 is 0 Å². The van der Waals surface area contributed by atoms with E-state index in [1.165, 1.54) is 0 Å². The minimum Gasteiger partial charge on any atom is -0.298 e. The Balaban J connectivity index is 2.16. The number of aromatic nitrogens is 1. The standard InChI is InChI=1S/C16H11Br2NO3/c17-9-6-8-4-5-10(18)13(15(8)19-7-9)16(22)14-11(20)2-1-3-12(14)21/h4-7,14H,1-3H2. The van der Waals surface area contributed by atoms with Crippen LogP contribution < -0.4 is 0 Å². The van der Waals surface area contributed by atoms with E-state index in [9.17, 15) is 14.4 Å². The molecule has 1 fully saturated rings. The average molecular weight is 425 g/mol. The highest BCUT2D eigenvalue weighted by atomic mass is 79.9. The first-order valence-electron chi connectivity index (χ1n) is 6.82. The van der Waals surface area contributed by atoms with Gasteiger partial charge in [0.05, 0.1) is 11.1 Å². The number of hydrogen-bond donors (Lipinski definition) is 0. The number of halogens is 2. The largest absolute Gasteiger partial charge is 0.298 e. The summed E-state index contributed by atoms with van der Waals surface area (Å²) in [5, 5.41) is 0.775. The molecule has 1 saturated carbocycles. The molecule has 1 aromatic carbocycles. The average Bonchev–Trinajstić information content (AvgIpc) is 2.47. The number of rotatable bonds is 2. The minimum absolute atomic E-state index is 0.281. The molecule has 2 aromatic rings. The van der Waals surface area contributed by atoms with Crippen LogP contribution in [0.4, 0.5) is 0 Å². The number of carbonyl (C=O) groups is 3. The lowest BCUT2D eigenvalue weighted by atomic mass is 9.81. The number of hydrogen-bond acceptors (Lipinski definition) is 4. The Hall–Kier alpha value is -1.40. The van der Waals surface area contributed by atoms with Crippen molar-refractivity contribution >= 4 is 60.1 Å². The number of ketones is 3. The van der Waals surface area contributed by atoms with Gasteiger partial charge in [0, 0.05) is 33.4 Å². The molecule has 4 nitrogen and oxygen atoms in total. The molecule has 1 heterocycles. The van der Waals surface area contributed by atoms with Gasteiger partial charge in [0.15, 0.2) is 17.3 Å². The summed E-state index contributed by atoms with van der Waals surface area (Å²) >= 11 is 6.69. The predicted molar refractivity (Wildman–Crippen MR) is 88.8 cm³/mol. The van der Waals surface area contributed by atoms with Gasteiger partial charge in [-0.25, -0.2) is 0 Å². The summed E-state index contributed by atoms with van der Waals surface area (Å²) in [6.07, 6.45) is 2.69. The Morgan fingerprint density at radius 1 is 1.14 bits per heavy atom. The molecule has 0 N–H and O–H groups in total. The smallest absolute Gasteiger partial charge is 0.184 e. The molecule has 1 aliphatic rings. The fourth-order valence-electron chi connectivity index (χ4n) is 2.73. The van der Waals surface area contributed by atoms with Crippen molar-refractivity contribution in [1.29, 1.82) is 0 Å². The summed E-state index contributed by atoms with van der Waals surface area (Å²) in [4.78, 5) is 41.2. The van der Waals surface area contributed by atoms with E-state index in [0.29, 0.717) is 22.0 Å². The van der Waals surface area contributed by atoms with Crippen molar-refractivity contribution in [3.8, 4) is 0 Å². The van der Waals surface area contributed by atoms with Crippen molar-refractivity contribution in [2.45, 2.75) is 19.3 Å². The molecule has 112 valence electrons. The van der Waals surface area contributed by atoms with Crippen molar-refractivity contribution in [3.63, 3.8) is 0 Å². The lowest BCUT2D eigenvalue weighted by Gasteiger charge is -2.19. The maximum absolute atomic E-state index is 12.8. The van der Waals surface area contributed by atoms with E-state index < -0.39 is 11.7 Å². The molecule has 0 unspecified atom stereocenters. The van der Waals surface area contributed by atoms with E-state index in [1.807, 2.05) is 12.1 Å². The highest BCUT2D eigenvalue weighted by molar-refractivity contribution is 9.10. The summed E-state index contributed by atoms with van der Waals surface area (Å²) in [7, 11) is 0. The zero-order chi connectivity index (χ0) is 15.9. The summed E-state index contributed by atoms with van der Waals surface area (Å²) in [5.41, 5.74) is 0.798. The molecule has 3 rings (SSSR count). The molecule has 0 aliphatic heterocycles. The number of Topliss-reactive ketones (excluding diaryl/α,β-unsaturated/α-hetero) is 3. The molecule has 0 bridgehead atoms. The Bertz CT molecular complexity index is 800. The normalized spacial score (nSPS) is 16.3. The van der Waals surface area contributed by atoms with Gasteiger partial charge in [-0.1, -0.05) is 6.07 Å². The number of carbonyl (C=O) groups excluding carboxylic acids is 3. The molecular weight excluding hydrogens is 414 g/mol. The molecule has 22 heavy (non-hydrogen) atoms. The summed E-state index contributed by atoms with van der Waals surface area (Å²) in [6, 6.07) is 5.41. The number of fused-ring (bicyclic) bond motifs is 1. The zero-order valence-electron chi connectivity index (χ0n) is 11.4. The fourth-order valence-corrected chi connectivity index (χ4v) is 3.59. The maximum Gasteiger partial charge on any atom is 0.184 e. The summed E-state index contributed by atoms with van der Waals surface area (Å²) in [5.74, 6) is -2.22. The van der Waals surface area contributed by atoms with E-state index in [4.69, 9.17) is 0 Å². The Morgan fingerprint density at radius 3 is 2.50 bits per heavy atom. The van der Waals surface area contributed by atoms with Crippen LogP contribution in [0.3, 0.4) is 0 Å². The fraction of sp³-hybridized carbons (Fsp3) is 0.250. The van der Waals surface area contributed by atoms with Gasteiger partial charge in [0.1, 0.15) is 5.92 Å². The van der Waals surface area contributed by atoms with Gasteiger partial charge in [-0.2, -0.15) is 0 Å². The maximum atomic E-state index is 12.8. The molecule has 1 aromatic heterocycles. The highest BCUT2D eigenvalue weighted by Crippen LogP contribution is 2.31. The van der Waals surface area contributed by atoms with Crippen LogP contribution in [0.5, 0.6) is 0 Å².